The van der Waals surface area contributed by atoms with Gasteiger partial charge in [0.25, 0.3) is 5.92 Å². The Hall–Kier alpha value is -4.35. The highest BCUT2D eigenvalue weighted by Crippen LogP contribution is 2.45. The fraction of sp³-hybridized carbons (Fsp3) is 0.513. The van der Waals surface area contributed by atoms with E-state index in [1.807, 2.05) is 49.9 Å². The Bertz CT molecular complexity index is 1680. The molecular weight excluding hydrogens is 662 g/mol. The minimum absolute atomic E-state index is 0.00132. The SMILES string of the molecule is CC.CCCC=C(c1ccc(COc2cc(C(=O)C(C)CC)nc(-c3c(OC(F)F)ncnc3C3CC3)n2)cc1)N(/C=C(\C)C(C)(F)F)C1CC1. The fourth-order valence-electron chi connectivity index (χ4n) is 5.24. The lowest BCUT2D eigenvalue weighted by Crippen LogP contribution is -2.22. The molecule has 1 unspecified atom stereocenters. The minimum Gasteiger partial charge on any atom is -0.473 e. The van der Waals surface area contributed by atoms with Crippen molar-refractivity contribution in [1.29, 1.82) is 0 Å². The smallest absolute Gasteiger partial charge is 0.388 e. The molecule has 0 N–H and O–H groups in total. The summed E-state index contributed by atoms with van der Waals surface area (Å²) in [4.78, 5) is 32.6. The number of nitrogens with zero attached hydrogens (tertiary/aromatic N) is 5. The predicted molar refractivity (Wildman–Crippen MR) is 190 cm³/mol. The van der Waals surface area contributed by atoms with Gasteiger partial charge in [0.1, 0.15) is 24.2 Å². The maximum Gasteiger partial charge on any atom is 0.388 e. The molecule has 51 heavy (non-hydrogen) atoms. The summed E-state index contributed by atoms with van der Waals surface area (Å²) < 4.78 is 65.9. The van der Waals surface area contributed by atoms with Crippen LogP contribution < -0.4 is 9.47 Å². The van der Waals surface area contributed by atoms with Gasteiger partial charge in [0.2, 0.25) is 11.8 Å². The molecule has 2 saturated carbocycles. The van der Waals surface area contributed by atoms with Crippen molar-refractivity contribution in [3.8, 4) is 23.1 Å². The zero-order chi connectivity index (χ0) is 37.3. The lowest BCUT2D eigenvalue weighted by Gasteiger charge is -2.26. The van der Waals surface area contributed by atoms with Gasteiger partial charge >= 0.3 is 6.61 Å². The summed E-state index contributed by atoms with van der Waals surface area (Å²) in [5.41, 5.74) is 3.26. The molecule has 12 heteroatoms. The van der Waals surface area contributed by atoms with E-state index in [9.17, 15) is 22.4 Å². The maximum absolute atomic E-state index is 14.1. The number of halogens is 4. The van der Waals surface area contributed by atoms with Crippen molar-refractivity contribution in [3.63, 3.8) is 0 Å². The highest BCUT2D eigenvalue weighted by molar-refractivity contribution is 5.96. The summed E-state index contributed by atoms with van der Waals surface area (Å²) in [6.07, 6.45) is 10.6. The second-order valence-corrected chi connectivity index (χ2v) is 12.9. The van der Waals surface area contributed by atoms with Crippen LogP contribution in [0.2, 0.25) is 0 Å². The predicted octanol–water partition coefficient (Wildman–Crippen LogP) is 10.4. The maximum atomic E-state index is 14.1. The van der Waals surface area contributed by atoms with E-state index in [1.165, 1.54) is 19.3 Å². The number of unbranched alkanes of at least 4 members (excludes halogenated alkanes) is 1. The molecule has 2 heterocycles. The average molecular weight is 712 g/mol. The van der Waals surface area contributed by atoms with Crippen LogP contribution in [-0.2, 0) is 6.61 Å². The molecule has 0 bridgehead atoms. The van der Waals surface area contributed by atoms with Crippen LogP contribution in [0, 0.1) is 5.92 Å². The van der Waals surface area contributed by atoms with Gasteiger partial charge in [-0.2, -0.15) is 13.8 Å². The van der Waals surface area contributed by atoms with Crippen LogP contribution in [0.1, 0.15) is 127 Å². The first-order chi connectivity index (χ1) is 24.4. The average Bonchev–Trinajstić information content (AvgIpc) is 4.05. The van der Waals surface area contributed by atoms with E-state index in [-0.39, 0.29) is 64.7 Å². The van der Waals surface area contributed by atoms with E-state index in [2.05, 4.69) is 32.9 Å². The van der Waals surface area contributed by atoms with Gasteiger partial charge in [-0.05, 0) is 56.6 Å². The summed E-state index contributed by atoms with van der Waals surface area (Å²) in [6, 6.07) is 9.28. The van der Waals surface area contributed by atoms with Gasteiger partial charge in [-0.3, -0.25) is 4.79 Å². The molecule has 2 aliphatic carbocycles. The van der Waals surface area contributed by atoms with Gasteiger partial charge in [0.05, 0.1) is 5.69 Å². The van der Waals surface area contributed by atoms with E-state index in [4.69, 9.17) is 9.47 Å². The van der Waals surface area contributed by atoms with Crippen molar-refractivity contribution in [2.45, 2.75) is 125 Å². The summed E-state index contributed by atoms with van der Waals surface area (Å²) in [6.45, 7) is 9.06. The Balaban J connectivity index is 0.00000286. The molecule has 1 atom stereocenters. The molecule has 276 valence electrons. The van der Waals surface area contributed by atoms with Crippen LogP contribution in [0.4, 0.5) is 17.6 Å². The number of ketones is 1. The highest BCUT2D eigenvalue weighted by Gasteiger charge is 2.34. The first-order valence-corrected chi connectivity index (χ1v) is 17.9. The van der Waals surface area contributed by atoms with Crippen LogP contribution in [0.25, 0.3) is 17.1 Å². The molecule has 0 saturated heterocycles. The minimum atomic E-state index is -3.13. The third-order valence-electron chi connectivity index (χ3n) is 8.75. The summed E-state index contributed by atoms with van der Waals surface area (Å²) >= 11 is 0. The highest BCUT2D eigenvalue weighted by atomic mass is 19.3. The second-order valence-electron chi connectivity index (χ2n) is 12.9. The number of rotatable bonds is 17. The quantitative estimate of drug-likeness (QED) is 0.101. The Morgan fingerprint density at radius 3 is 2.31 bits per heavy atom. The van der Waals surface area contributed by atoms with Crippen molar-refractivity contribution in [3.05, 3.63) is 77.0 Å². The summed E-state index contributed by atoms with van der Waals surface area (Å²) in [5.74, 6) is -3.79. The number of hydrogen-bond acceptors (Lipinski definition) is 8. The van der Waals surface area contributed by atoms with E-state index >= 15 is 0 Å². The molecule has 0 spiro atoms. The summed E-state index contributed by atoms with van der Waals surface area (Å²) in [5, 5.41) is 0. The van der Waals surface area contributed by atoms with Crippen molar-refractivity contribution in [1.82, 2.24) is 24.8 Å². The number of hydrogen-bond donors (Lipinski definition) is 0. The van der Waals surface area contributed by atoms with Gasteiger partial charge in [0.15, 0.2) is 11.6 Å². The molecule has 0 radical (unpaired) electrons. The van der Waals surface area contributed by atoms with Crippen LogP contribution in [0.15, 0.2) is 54.5 Å². The molecule has 5 rings (SSSR count). The fourth-order valence-corrected chi connectivity index (χ4v) is 5.24. The first-order valence-electron chi connectivity index (χ1n) is 17.9. The van der Waals surface area contributed by atoms with E-state index in [0.717, 1.165) is 62.3 Å². The molecule has 3 aromatic rings. The lowest BCUT2D eigenvalue weighted by atomic mass is 10.0. The molecule has 2 fully saturated rings. The number of alkyl halides is 4. The van der Waals surface area contributed by atoms with Crippen molar-refractivity contribution in [2.75, 3.05) is 0 Å². The van der Waals surface area contributed by atoms with Gasteiger partial charge in [-0.15, -0.1) is 0 Å². The van der Waals surface area contributed by atoms with Crippen LogP contribution >= 0.6 is 0 Å². The number of aromatic nitrogens is 4. The monoisotopic (exact) mass is 711 g/mol. The molecular formula is C39H49F4N5O3. The zero-order valence-corrected chi connectivity index (χ0v) is 30.6. The second kappa shape index (κ2) is 17.7. The third kappa shape index (κ3) is 10.6. The molecule has 0 amide bonds. The van der Waals surface area contributed by atoms with E-state index in [1.54, 1.807) is 13.1 Å². The van der Waals surface area contributed by atoms with Crippen LogP contribution in [-0.4, -0.2) is 49.2 Å². The van der Waals surface area contributed by atoms with Crippen molar-refractivity contribution in [2.24, 2.45) is 5.92 Å². The summed E-state index contributed by atoms with van der Waals surface area (Å²) in [7, 11) is 0. The number of allylic oxidation sites excluding steroid dienone is 2. The molecule has 0 aliphatic heterocycles. The van der Waals surface area contributed by atoms with Gasteiger partial charge in [-0.1, -0.05) is 71.4 Å². The molecule has 2 aliphatic rings. The van der Waals surface area contributed by atoms with Crippen molar-refractivity contribution >= 4 is 11.5 Å². The van der Waals surface area contributed by atoms with Gasteiger partial charge in [-0.25, -0.2) is 23.7 Å². The first kappa shape index (κ1) is 39.4. The van der Waals surface area contributed by atoms with E-state index < -0.39 is 12.5 Å². The van der Waals surface area contributed by atoms with Crippen LogP contribution in [0.3, 0.4) is 0 Å². The molecule has 1 aromatic carbocycles. The lowest BCUT2D eigenvalue weighted by molar-refractivity contribution is -0.0525. The standard InChI is InChI=1S/C37H43F4N5O3.C2H6/c1-6-8-9-29(46(27-16-17-27)19-23(4)37(5,40)41)25-12-10-24(11-13-25)20-48-30-18-28(33(47)22(3)7-2)44-34(45-30)31-32(26-14-15-26)42-21-43-35(31)49-36(38)39;1-2/h9-13,18-19,21-22,26-27,36H,6-8,14-17,20H2,1-5H3;1-2H3/b23-19+,29-9?;. The molecule has 2 aromatic heterocycles. The number of carbonyl (C=O) groups excluding carboxylic acids is 1. The number of benzene rings is 1. The zero-order valence-electron chi connectivity index (χ0n) is 30.6. The third-order valence-corrected chi connectivity index (χ3v) is 8.75. The Labute approximate surface area is 298 Å². The van der Waals surface area contributed by atoms with Crippen molar-refractivity contribution < 1.29 is 31.8 Å². The number of Topliss-reactive ketones (excluding diaryl/α,β-unsaturated/α-hetero) is 1. The Morgan fingerprint density at radius 1 is 1.06 bits per heavy atom. The van der Waals surface area contributed by atoms with Crippen LogP contribution in [0.5, 0.6) is 11.8 Å². The van der Waals surface area contributed by atoms with Gasteiger partial charge in [0, 0.05) is 48.3 Å². The Kier molecular flexibility index (Phi) is 13.7. The Morgan fingerprint density at radius 2 is 1.75 bits per heavy atom. The number of carbonyl (C=O) groups is 1. The number of ether oxygens (including phenoxy) is 2. The topological polar surface area (TPSA) is 90.3 Å². The normalized spacial score (nSPS) is 15.6. The van der Waals surface area contributed by atoms with Gasteiger partial charge < -0.3 is 14.4 Å². The largest absolute Gasteiger partial charge is 0.473 e. The van der Waals surface area contributed by atoms with E-state index in [0.29, 0.717) is 12.1 Å². The molecule has 8 nitrogen and oxygen atoms in total.